The standard InChI is InChI=1S/C20H24O5S/c1-14(21)25-19-10-6-9-17-16(18(22)11-12-20(17,19)2)13-26(23,24)15-7-4-3-5-8-15/h3-5,7-8,19H,6,9-13H2,1-2H3/t19-,20-/m0/s1. The third-order valence-electron chi connectivity index (χ3n) is 5.61. The molecule has 1 fully saturated rings. The zero-order valence-corrected chi connectivity index (χ0v) is 16.0. The van der Waals surface area contributed by atoms with Crippen molar-refractivity contribution in [1.29, 1.82) is 0 Å². The second-order valence-electron chi connectivity index (χ2n) is 7.36. The molecule has 0 amide bonds. The van der Waals surface area contributed by atoms with Crippen molar-refractivity contribution in [2.75, 3.05) is 5.75 Å². The molecule has 0 radical (unpaired) electrons. The minimum absolute atomic E-state index is 0.0968. The number of hydrogen-bond acceptors (Lipinski definition) is 5. The van der Waals surface area contributed by atoms with Crippen molar-refractivity contribution in [3.05, 3.63) is 41.5 Å². The highest BCUT2D eigenvalue weighted by Crippen LogP contribution is 2.50. The first-order valence-electron chi connectivity index (χ1n) is 8.95. The number of sulfone groups is 1. The predicted octanol–water partition coefficient (Wildman–Crippen LogP) is 3.24. The molecule has 0 heterocycles. The zero-order chi connectivity index (χ0) is 18.9. The molecule has 1 aromatic carbocycles. The highest BCUT2D eigenvalue weighted by Gasteiger charge is 2.47. The molecule has 0 N–H and O–H groups in total. The Kier molecular flexibility index (Phi) is 5.06. The van der Waals surface area contributed by atoms with Gasteiger partial charge in [0.05, 0.1) is 10.6 Å². The van der Waals surface area contributed by atoms with Crippen LogP contribution in [-0.2, 0) is 24.2 Å². The van der Waals surface area contributed by atoms with E-state index in [1.165, 1.54) is 6.92 Å². The van der Waals surface area contributed by atoms with Crippen molar-refractivity contribution in [2.24, 2.45) is 5.41 Å². The van der Waals surface area contributed by atoms with Gasteiger partial charge in [-0.05, 0) is 37.8 Å². The molecule has 2 aliphatic carbocycles. The number of Topliss-reactive ketones (excluding diaryl/α,β-unsaturated/α-hetero) is 1. The second-order valence-corrected chi connectivity index (χ2v) is 9.35. The van der Waals surface area contributed by atoms with Gasteiger partial charge in [-0.25, -0.2) is 8.42 Å². The number of esters is 1. The minimum Gasteiger partial charge on any atom is -0.462 e. The molecule has 0 bridgehead atoms. The molecule has 0 unspecified atom stereocenters. The van der Waals surface area contributed by atoms with Crippen LogP contribution in [-0.4, -0.2) is 32.0 Å². The number of fused-ring (bicyclic) bond motifs is 1. The van der Waals surface area contributed by atoms with Crippen LogP contribution in [0.25, 0.3) is 0 Å². The van der Waals surface area contributed by atoms with Crippen LogP contribution in [0.4, 0.5) is 0 Å². The quantitative estimate of drug-likeness (QED) is 0.754. The normalized spacial score (nSPS) is 26.4. The van der Waals surface area contributed by atoms with Crippen LogP contribution in [0, 0.1) is 5.41 Å². The highest BCUT2D eigenvalue weighted by atomic mass is 32.2. The van der Waals surface area contributed by atoms with Crippen molar-refractivity contribution in [3.8, 4) is 0 Å². The van der Waals surface area contributed by atoms with Crippen LogP contribution in [0.5, 0.6) is 0 Å². The summed E-state index contributed by atoms with van der Waals surface area (Å²) in [6.45, 7) is 3.38. The van der Waals surface area contributed by atoms with Gasteiger partial charge in [-0.2, -0.15) is 0 Å². The highest BCUT2D eigenvalue weighted by molar-refractivity contribution is 7.91. The molecule has 1 aromatic rings. The van der Waals surface area contributed by atoms with E-state index in [4.69, 9.17) is 4.74 Å². The van der Waals surface area contributed by atoms with Crippen molar-refractivity contribution in [3.63, 3.8) is 0 Å². The number of carbonyl (C=O) groups excluding carboxylic acids is 2. The van der Waals surface area contributed by atoms with Gasteiger partial charge in [-0.15, -0.1) is 0 Å². The fourth-order valence-electron chi connectivity index (χ4n) is 4.22. The number of benzene rings is 1. The van der Waals surface area contributed by atoms with Crippen molar-refractivity contribution >= 4 is 21.6 Å². The maximum atomic E-state index is 12.8. The Bertz CT molecular complexity index is 853. The lowest BCUT2D eigenvalue weighted by Gasteiger charge is -2.46. The largest absolute Gasteiger partial charge is 0.462 e. The van der Waals surface area contributed by atoms with Gasteiger partial charge >= 0.3 is 5.97 Å². The monoisotopic (exact) mass is 376 g/mol. The maximum Gasteiger partial charge on any atom is 0.302 e. The fraction of sp³-hybridized carbons (Fsp3) is 0.500. The number of ketones is 1. The van der Waals surface area contributed by atoms with Crippen LogP contribution in [0.1, 0.15) is 46.0 Å². The van der Waals surface area contributed by atoms with E-state index in [0.29, 0.717) is 18.4 Å². The summed E-state index contributed by atoms with van der Waals surface area (Å²) in [5, 5.41) is 0. The van der Waals surface area contributed by atoms with Crippen LogP contribution in [0.2, 0.25) is 0 Å². The Balaban J connectivity index is 2.01. The molecule has 0 saturated heterocycles. The summed E-state index contributed by atoms with van der Waals surface area (Å²) in [5.41, 5.74) is 0.810. The van der Waals surface area contributed by atoms with Crippen molar-refractivity contribution in [1.82, 2.24) is 0 Å². The summed E-state index contributed by atoms with van der Waals surface area (Å²) < 4.78 is 31.2. The van der Waals surface area contributed by atoms with E-state index in [1.807, 2.05) is 6.92 Å². The second kappa shape index (κ2) is 6.99. The molecule has 140 valence electrons. The Labute approximate surface area is 154 Å². The van der Waals surface area contributed by atoms with Gasteiger partial charge in [0.15, 0.2) is 15.6 Å². The molecule has 6 heteroatoms. The lowest BCUT2D eigenvalue weighted by molar-refractivity contribution is -0.154. The van der Waals surface area contributed by atoms with E-state index in [0.717, 1.165) is 18.4 Å². The summed E-state index contributed by atoms with van der Waals surface area (Å²) in [6, 6.07) is 8.21. The molecule has 3 rings (SSSR count). The topological polar surface area (TPSA) is 77.5 Å². The molecule has 5 nitrogen and oxygen atoms in total. The summed E-state index contributed by atoms with van der Waals surface area (Å²) in [6.07, 6.45) is 2.79. The first-order valence-corrected chi connectivity index (χ1v) is 10.6. The molecule has 0 spiro atoms. The number of carbonyl (C=O) groups is 2. The van der Waals surface area contributed by atoms with E-state index in [9.17, 15) is 18.0 Å². The van der Waals surface area contributed by atoms with Crippen molar-refractivity contribution in [2.45, 2.75) is 57.0 Å². The molecule has 2 aliphatic rings. The van der Waals surface area contributed by atoms with E-state index >= 15 is 0 Å². The first-order chi connectivity index (χ1) is 12.2. The van der Waals surface area contributed by atoms with Gasteiger partial charge < -0.3 is 4.74 Å². The maximum absolute atomic E-state index is 12.8. The van der Waals surface area contributed by atoms with E-state index in [2.05, 4.69) is 0 Å². The summed E-state index contributed by atoms with van der Waals surface area (Å²) >= 11 is 0. The number of rotatable bonds is 4. The van der Waals surface area contributed by atoms with Crippen LogP contribution >= 0.6 is 0 Å². The SMILES string of the molecule is CC(=O)O[C@H]1CCCC2=C(CS(=O)(=O)c3ccccc3)C(=O)CC[C@@]21C. The average molecular weight is 376 g/mol. The fourth-order valence-corrected chi connectivity index (χ4v) is 5.67. The Morgan fingerprint density at radius 2 is 1.92 bits per heavy atom. The smallest absolute Gasteiger partial charge is 0.302 e. The van der Waals surface area contributed by atoms with Gasteiger partial charge in [0.1, 0.15) is 6.10 Å². The molecular weight excluding hydrogens is 352 g/mol. The molecule has 26 heavy (non-hydrogen) atoms. The number of hydrogen-bond donors (Lipinski definition) is 0. The van der Waals surface area contributed by atoms with Gasteiger partial charge in [-0.3, -0.25) is 9.59 Å². The lowest BCUT2D eigenvalue weighted by atomic mass is 9.62. The van der Waals surface area contributed by atoms with E-state index in [-0.39, 0.29) is 34.9 Å². The Hall–Kier alpha value is -1.95. The van der Waals surface area contributed by atoms with Crippen LogP contribution < -0.4 is 0 Å². The van der Waals surface area contributed by atoms with Crippen LogP contribution in [0.3, 0.4) is 0 Å². The van der Waals surface area contributed by atoms with Crippen molar-refractivity contribution < 1.29 is 22.7 Å². The molecule has 1 saturated carbocycles. The lowest BCUT2D eigenvalue weighted by Crippen LogP contribution is -2.44. The number of ether oxygens (including phenoxy) is 1. The summed E-state index contributed by atoms with van der Waals surface area (Å²) in [5.74, 6) is -0.721. The zero-order valence-electron chi connectivity index (χ0n) is 15.2. The van der Waals surface area contributed by atoms with Crippen LogP contribution in [0.15, 0.2) is 46.4 Å². The summed E-state index contributed by atoms with van der Waals surface area (Å²) in [4.78, 5) is 24.3. The molecule has 2 atom stereocenters. The van der Waals surface area contributed by atoms with Gasteiger partial charge in [0.2, 0.25) is 0 Å². The van der Waals surface area contributed by atoms with E-state index in [1.54, 1.807) is 30.3 Å². The third kappa shape index (κ3) is 3.47. The molecular formula is C20H24O5S. The minimum atomic E-state index is -3.60. The Morgan fingerprint density at radius 1 is 1.23 bits per heavy atom. The third-order valence-corrected chi connectivity index (χ3v) is 7.27. The molecule has 0 aliphatic heterocycles. The average Bonchev–Trinajstić information content (AvgIpc) is 2.59. The Morgan fingerprint density at radius 3 is 2.58 bits per heavy atom. The molecule has 0 aromatic heterocycles. The first kappa shape index (κ1) is 18.8. The van der Waals surface area contributed by atoms with Gasteiger partial charge in [-0.1, -0.05) is 30.7 Å². The predicted molar refractivity (Wildman–Crippen MR) is 97.3 cm³/mol. The summed E-state index contributed by atoms with van der Waals surface area (Å²) in [7, 11) is -3.60. The van der Waals surface area contributed by atoms with Gasteiger partial charge in [0.25, 0.3) is 0 Å². The van der Waals surface area contributed by atoms with E-state index < -0.39 is 15.3 Å². The van der Waals surface area contributed by atoms with Gasteiger partial charge in [0, 0.05) is 24.3 Å².